The summed E-state index contributed by atoms with van der Waals surface area (Å²) in [7, 11) is 0. The van der Waals surface area contributed by atoms with Crippen molar-refractivity contribution in [3.63, 3.8) is 0 Å². The highest BCUT2D eigenvalue weighted by Gasteiger charge is 2.21. The predicted molar refractivity (Wildman–Crippen MR) is 76.5 cm³/mol. The third-order valence-electron chi connectivity index (χ3n) is 3.48. The van der Waals surface area contributed by atoms with E-state index >= 15 is 0 Å². The highest BCUT2D eigenvalue weighted by molar-refractivity contribution is 5.81. The Morgan fingerprint density at radius 2 is 1.95 bits per heavy atom. The van der Waals surface area contributed by atoms with Gasteiger partial charge in [-0.15, -0.1) is 0 Å². The largest absolute Gasteiger partial charge is 0.459 e. The molecule has 21 heavy (non-hydrogen) atoms. The Bertz CT molecular complexity index is 798. The van der Waals surface area contributed by atoms with Crippen LogP contribution in [-0.2, 0) is 0 Å². The molecule has 1 atom stereocenters. The molecule has 5 heteroatoms. The lowest BCUT2D eigenvalue weighted by Gasteiger charge is -2.14. The molecule has 1 aromatic heterocycles. The summed E-state index contributed by atoms with van der Waals surface area (Å²) in [5, 5.41) is 0.891. The van der Waals surface area contributed by atoms with Crippen LogP contribution in [0.15, 0.2) is 46.9 Å². The lowest BCUT2D eigenvalue weighted by molar-refractivity contribution is 0.459. The van der Waals surface area contributed by atoms with Gasteiger partial charge in [0.25, 0.3) is 0 Å². The number of rotatable bonds is 3. The number of nitrogens with two attached hydrogens (primary N) is 1. The standard InChI is InChI=1S/C16H14F2N2O/c1-9-3-2-4-10-7-14(21-16(9)10)15(20-19)12-8-11(17)5-6-13(12)18/h2-8,15,20H,19H2,1H3. The summed E-state index contributed by atoms with van der Waals surface area (Å²) in [6.45, 7) is 1.92. The second-order valence-electron chi connectivity index (χ2n) is 4.91. The molecule has 0 aliphatic heterocycles. The van der Waals surface area contributed by atoms with Gasteiger partial charge in [-0.25, -0.2) is 14.2 Å². The van der Waals surface area contributed by atoms with E-state index in [1.165, 1.54) is 0 Å². The molecule has 2 aromatic carbocycles. The van der Waals surface area contributed by atoms with E-state index < -0.39 is 17.7 Å². The van der Waals surface area contributed by atoms with Gasteiger partial charge >= 0.3 is 0 Å². The van der Waals surface area contributed by atoms with Crippen LogP contribution in [0.4, 0.5) is 8.78 Å². The number of benzene rings is 2. The Labute approximate surface area is 120 Å². The molecule has 1 heterocycles. The zero-order chi connectivity index (χ0) is 15.0. The number of furan rings is 1. The van der Waals surface area contributed by atoms with E-state index in [9.17, 15) is 8.78 Å². The fraction of sp³-hybridized carbons (Fsp3) is 0.125. The molecular formula is C16H14F2N2O. The zero-order valence-electron chi connectivity index (χ0n) is 11.4. The van der Waals surface area contributed by atoms with Gasteiger partial charge in [0.1, 0.15) is 29.0 Å². The molecule has 3 nitrogen and oxygen atoms in total. The number of fused-ring (bicyclic) bond motifs is 1. The number of hydrogen-bond donors (Lipinski definition) is 2. The van der Waals surface area contributed by atoms with E-state index in [2.05, 4.69) is 5.43 Å². The topological polar surface area (TPSA) is 51.2 Å². The predicted octanol–water partition coefficient (Wildman–Crippen LogP) is 3.57. The molecule has 0 saturated heterocycles. The van der Waals surface area contributed by atoms with Crippen LogP contribution in [0.5, 0.6) is 0 Å². The van der Waals surface area contributed by atoms with Crippen molar-refractivity contribution < 1.29 is 13.2 Å². The summed E-state index contributed by atoms with van der Waals surface area (Å²) in [6, 6.07) is 9.99. The molecule has 3 N–H and O–H groups in total. The van der Waals surface area contributed by atoms with Crippen LogP contribution in [0.1, 0.15) is 22.9 Å². The average Bonchev–Trinajstić information content (AvgIpc) is 2.89. The molecule has 0 spiro atoms. The summed E-state index contributed by atoms with van der Waals surface area (Å²) in [4.78, 5) is 0. The summed E-state index contributed by atoms with van der Waals surface area (Å²) in [5.41, 5.74) is 4.27. The average molecular weight is 288 g/mol. The first-order valence-corrected chi connectivity index (χ1v) is 6.50. The fourth-order valence-corrected chi connectivity index (χ4v) is 2.43. The van der Waals surface area contributed by atoms with Crippen LogP contribution in [0.25, 0.3) is 11.0 Å². The van der Waals surface area contributed by atoms with Gasteiger partial charge in [-0.2, -0.15) is 0 Å². The van der Waals surface area contributed by atoms with Crippen LogP contribution >= 0.6 is 0 Å². The summed E-state index contributed by atoms with van der Waals surface area (Å²) in [5.74, 6) is 4.88. The van der Waals surface area contributed by atoms with Crippen molar-refractivity contribution in [1.29, 1.82) is 0 Å². The van der Waals surface area contributed by atoms with Crippen molar-refractivity contribution in [2.24, 2.45) is 5.84 Å². The maximum atomic E-state index is 13.9. The van der Waals surface area contributed by atoms with Gasteiger partial charge in [0.05, 0.1) is 0 Å². The third-order valence-corrected chi connectivity index (χ3v) is 3.48. The van der Waals surface area contributed by atoms with E-state index in [0.29, 0.717) is 11.3 Å². The lowest BCUT2D eigenvalue weighted by atomic mass is 10.0. The zero-order valence-corrected chi connectivity index (χ0v) is 11.4. The molecule has 0 aliphatic carbocycles. The molecular weight excluding hydrogens is 274 g/mol. The number of para-hydroxylation sites is 1. The van der Waals surface area contributed by atoms with Crippen molar-refractivity contribution in [3.8, 4) is 0 Å². The third kappa shape index (κ3) is 2.41. The van der Waals surface area contributed by atoms with Crippen molar-refractivity contribution >= 4 is 11.0 Å². The first kappa shape index (κ1) is 13.7. The van der Waals surface area contributed by atoms with Crippen LogP contribution in [0.2, 0.25) is 0 Å². The monoisotopic (exact) mass is 288 g/mol. The van der Waals surface area contributed by atoms with Gasteiger partial charge in [-0.05, 0) is 36.8 Å². The molecule has 108 valence electrons. The van der Waals surface area contributed by atoms with Crippen molar-refractivity contribution in [3.05, 3.63) is 71.0 Å². The molecule has 0 radical (unpaired) electrons. The number of hydrazine groups is 1. The smallest absolute Gasteiger partial charge is 0.137 e. The molecule has 1 unspecified atom stereocenters. The Morgan fingerprint density at radius 3 is 2.67 bits per heavy atom. The van der Waals surface area contributed by atoms with Gasteiger partial charge in [0.2, 0.25) is 0 Å². The normalized spacial score (nSPS) is 12.8. The van der Waals surface area contributed by atoms with Gasteiger partial charge in [0, 0.05) is 10.9 Å². The van der Waals surface area contributed by atoms with Crippen LogP contribution in [0, 0.1) is 18.6 Å². The highest BCUT2D eigenvalue weighted by Crippen LogP contribution is 2.30. The second-order valence-corrected chi connectivity index (χ2v) is 4.91. The summed E-state index contributed by atoms with van der Waals surface area (Å²) >= 11 is 0. The Morgan fingerprint density at radius 1 is 1.14 bits per heavy atom. The minimum Gasteiger partial charge on any atom is -0.459 e. The molecule has 0 amide bonds. The van der Waals surface area contributed by atoms with Crippen molar-refractivity contribution in [2.45, 2.75) is 13.0 Å². The van der Waals surface area contributed by atoms with Gasteiger partial charge < -0.3 is 4.42 Å². The van der Waals surface area contributed by atoms with E-state index in [0.717, 1.165) is 29.1 Å². The molecule has 0 bridgehead atoms. The van der Waals surface area contributed by atoms with E-state index in [1.807, 2.05) is 25.1 Å². The number of nitrogens with one attached hydrogen (secondary N) is 1. The Balaban J connectivity index is 2.13. The molecule has 0 aliphatic rings. The second kappa shape index (κ2) is 5.27. The lowest BCUT2D eigenvalue weighted by Crippen LogP contribution is -2.29. The Hall–Kier alpha value is -2.24. The molecule has 3 aromatic rings. The SMILES string of the molecule is Cc1cccc2cc(C(NN)c3cc(F)ccc3F)oc12. The van der Waals surface area contributed by atoms with Crippen LogP contribution < -0.4 is 11.3 Å². The maximum absolute atomic E-state index is 13.9. The van der Waals surface area contributed by atoms with Crippen molar-refractivity contribution in [2.75, 3.05) is 0 Å². The highest BCUT2D eigenvalue weighted by atomic mass is 19.1. The van der Waals surface area contributed by atoms with E-state index in [1.54, 1.807) is 6.07 Å². The summed E-state index contributed by atoms with van der Waals surface area (Å²) in [6.07, 6.45) is 0. The van der Waals surface area contributed by atoms with Gasteiger partial charge in [-0.1, -0.05) is 18.2 Å². The molecule has 3 rings (SSSR count). The van der Waals surface area contributed by atoms with Crippen LogP contribution in [-0.4, -0.2) is 0 Å². The maximum Gasteiger partial charge on any atom is 0.137 e. The quantitative estimate of drug-likeness (QED) is 0.572. The van der Waals surface area contributed by atoms with E-state index in [4.69, 9.17) is 10.3 Å². The van der Waals surface area contributed by atoms with Gasteiger partial charge in [-0.3, -0.25) is 5.84 Å². The molecule has 0 fully saturated rings. The summed E-state index contributed by atoms with van der Waals surface area (Å²) < 4.78 is 33.1. The number of hydrogen-bond acceptors (Lipinski definition) is 3. The number of halogens is 2. The Kier molecular flexibility index (Phi) is 3.45. The van der Waals surface area contributed by atoms with Gasteiger partial charge in [0.15, 0.2) is 0 Å². The first-order chi connectivity index (χ1) is 10.1. The fourth-order valence-electron chi connectivity index (χ4n) is 2.43. The van der Waals surface area contributed by atoms with E-state index in [-0.39, 0.29) is 5.56 Å². The van der Waals surface area contributed by atoms with Crippen molar-refractivity contribution in [1.82, 2.24) is 5.43 Å². The molecule has 0 saturated carbocycles. The number of aryl methyl sites for hydroxylation is 1. The first-order valence-electron chi connectivity index (χ1n) is 6.50. The minimum atomic E-state index is -0.757. The minimum absolute atomic E-state index is 0.106. The van der Waals surface area contributed by atoms with Crippen LogP contribution in [0.3, 0.4) is 0 Å².